The second-order valence-electron chi connectivity index (χ2n) is 4.45. The molecule has 8 heteroatoms. The van der Waals surface area contributed by atoms with Crippen molar-refractivity contribution in [1.29, 1.82) is 0 Å². The van der Waals surface area contributed by atoms with Crippen LogP contribution in [-0.4, -0.2) is 21.4 Å². The maximum Gasteiger partial charge on any atom is 0.311 e. The Balaban J connectivity index is 2.25. The summed E-state index contributed by atoms with van der Waals surface area (Å²) in [6.07, 6.45) is 1.65. The van der Waals surface area contributed by atoms with E-state index in [4.69, 9.17) is 4.74 Å². The van der Waals surface area contributed by atoms with Crippen LogP contribution in [0.25, 0.3) is 16.9 Å². The molecule has 0 aliphatic heterocycles. The lowest BCUT2D eigenvalue weighted by Gasteiger charge is -2.03. The molecule has 0 saturated carbocycles. The number of hydrogen-bond donors (Lipinski definition) is 0. The third kappa shape index (κ3) is 2.06. The van der Waals surface area contributed by atoms with Gasteiger partial charge in [-0.25, -0.2) is 4.98 Å². The van der Waals surface area contributed by atoms with Crippen LogP contribution in [0.3, 0.4) is 0 Å². The van der Waals surface area contributed by atoms with Crippen LogP contribution < -0.4 is 4.74 Å². The fraction of sp³-hybridized carbons (Fsp3) is 0.0714. The smallest absolute Gasteiger partial charge is 0.311 e. The molecule has 8 nitrogen and oxygen atoms in total. The van der Waals surface area contributed by atoms with Crippen molar-refractivity contribution < 1.29 is 9.66 Å². The highest BCUT2D eigenvalue weighted by molar-refractivity contribution is 5.76. The Morgan fingerprint density at radius 1 is 1.32 bits per heavy atom. The van der Waals surface area contributed by atoms with Crippen LogP contribution >= 0.6 is 0 Å². The predicted molar refractivity (Wildman–Crippen MR) is 79.3 cm³/mol. The summed E-state index contributed by atoms with van der Waals surface area (Å²) in [5.41, 5.74) is 1.04. The molecular weight excluding hydrogens is 288 g/mol. The van der Waals surface area contributed by atoms with Gasteiger partial charge in [-0.3, -0.25) is 14.5 Å². The van der Waals surface area contributed by atoms with Gasteiger partial charge in [-0.2, -0.15) is 0 Å². The van der Waals surface area contributed by atoms with Crippen LogP contribution in [0.5, 0.6) is 5.75 Å². The number of methoxy groups -OCH3 is 1. The van der Waals surface area contributed by atoms with E-state index in [2.05, 4.69) is 10.2 Å². The summed E-state index contributed by atoms with van der Waals surface area (Å²) in [7, 11) is 1.35. The minimum Gasteiger partial charge on any atom is -0.490 e. The van der Waals surface area contributed by atoms with Gasteiger partial charge in [0, 0.05) is 17.8 Å². The molecule has 0 bridgehead atoms. The van der Waals surface area contributed by atoms with E-state index in [1.165, 1.54) is 23.6 Å². The van der Waals surface area contributed by atoms with Gasteiger partial charge in [0.05, 0.1) is 12.0 Å². The molecule has 0 N–H and O–H groups in total. The molecule has 0 spiro atoms. The minimum atomic E-state index is -0.549. The van der Waals surface area contributed by atoms with Gasteiger partial charge >= 0.3 is 5.69 Å². The van der Waals surface area contributed by atoms with E-state index in [1.807, 2.05) is 0 Å². The zero-order valence-electron chi connectivity index (χ0n) is 11.5. The van der Waals surface area contributed by atoms with Crippen molar-refractivity contribution in [2.45, 2.75) is 0 Å². The van der Waals surface area contributed by atoms with Crippen LogP contribution in [-0.2, 0) is 0 Å². The Hall–Kier alpha value is -3.29. The molecule has 0 saturated heterocycles. The lowest BCUT2D eigenvalue weighted by molar-refractivity contribution is -0.385. The average molecular weight is 298 g/mol. The third-order valence-electron chi connectivity index (χ3n) is 3.24. The van der Waals surface area contributed by atoms with E-state index in [0.717, 1.165) is 0 Å². The first kappa shape index (κ1) is 13.7. The first-order valence-corrected chi connectivity index (χ1v) is 6.29. The molecule has 3 rings (SSSR count). The largest absolute Gasteiger partial charge is 0.490 e. The van der Waals surface area contributed by atoms with Crippen molar-refractivity contribution in [1.82, 2.24) is 9.38 Å². The van der Waals surface area contributed by atoms with Gasteiger partial charge in [0.15, 0.2) is 5.75 Å². The van der Waals surface area contributed by atoms with E-state index < -0.39 is 4.92 Å². The monoisotopic (exact) mass is 298 g/mol. The van der Waals surface area contributed by atoms with Crippen LogP contribution in [0.15, 0.2) is 47.8 Å². The average Bonchev–Trinajstić information content (AvgIpc) is 2.92. The summed E-state index contributed by atoms with van der Waals surface area (Å²) >= 11 is 0. The molecule has 2 aromatic heterocycles. The number of nitrogens with zero attached hydrogens (tertiary/aromatic N) is 4. The number of rotatable bonds is 4. The highest BCUT2D eigenvalue weighted by atomic mass is 16.6. The fourth-order valence-electron chi connectivity index (χ4n) is 2.24. The summed E-state index contributed by atoms with van der Waals surface area (Å²) in [4.78, 5) is 26.0. The van der Waals surface area contributed by atoms with E-state index in [-0.39, 0.29) is 22.9 Å². The Morgan fingerprint density at radius 2 is 2.14 bits per heavy atom. The maximum atomic E-state index is 11.1. The lowest BCUT2D eigenvalue weighted by Crippen LogP contribution is -1.94. The summed E-state index contributed by atoms with van der Waals surface area (Å²) in [5, 5.41) is 14.1. The van der Waals surface area contributed by atoms with Crippen molar-refractivity contribution in [2.75, 3.05) is 7.11 Å². The first-order chi connectivity index (χ1) is 10.7. The molecule has 1 aromatic carbocycles. The summed E-state index contributed by atoms with van der Waals surface area (Å²) < 4.78 is 6.49. The molecule has 22 heavy (non-hydrogen) atoms. The van der Waals surface area contributed by atoms with Crippen LogP contribution in [0.2, 0.25) is 0 Å². The predicted octanol–water partition coefficient (Wildman–Crippen LogP) is 3.32. The normalized spacial score (nSPS) is 10.6. The molecule has 110 valence electrons. The molecule has 0 fully saturated rings. The number of ether oxygens (including phenoxy) is 1. The Morgan fingerprint density at radius 3 is 2.82 bits per heavy atom. The molecule has 2 heterocycles. The van der Waals surface area contributed by atoms with Gasteiger partial charge in [0.25, 0.3) is 0 Å². The summed E-state index contributed by atoms with van der Waals surface area (Å²) in [6.45, 7) is 0. The number of nitroso groups, excluding NO2 is 1. The number of nitro groups is 1. The van der Waals surface area contributed by atoms with Gasteiger partial charge in [-0.1, -0.05) is 6.07 Å². The maximum absolute atomic E-state index is 11.1. The highest BCUT2D eigenvalue weighted by Gasteiger charge is 2.20. The van der Waals surface area contributed by atoms with Crippen molar-refractivity contribution in [3.8, 4) is 17.0 Å². The van der Waals surface area contributed by atoms with Crippen molar-refractivity contribution in [3.63, 3.8) is 0 Å². The topological polar surface area (TPSA) is 99.1 Å². The first-order valence-electron chi connectivity index (χ1n) is 6.29. The molecule has 0 unspecified atom stereocenters. The Bertz CT molecular complexity index is 888. The number of fused-ring (bicyclic) bond motifs is 1. The summed E-state index contributed by atoms with van der Waals surface area (Å²) in [6, 6.07) is 9.61. The second kappa shape index (κ2) is 5.24. The number of benzene rings is 1. The molecule has 0 aliphatic rings. The minimum absolute atomic E-state index is 0.0927. The summed E-state index contributed by atoms with van der Waals surface area (Å²) in [5.74, 6) is 0.230. The van der Waals surface area contributed by atoms with Gasteiger partial charge in [-0.15, -0.1) is 4.91 Å². The second-order valence-corrected chi connectivity index (χ2v) is 4.45. The quantitative estimate of drug-likeness (QED) is 0.418. The van der Waals surface area contributed by atoms with Crippen LogP contribution in [0.4, 0.5) is 11.5 Å². The number of nitro benzene ring substituents is 1. The Kier molecular flexibility index (Phi) is 3.26. The lowest BCUT2D eigenvalue weighted by atomic mass is 10.1. The Labute approximate surface area is 124 Å². The van der Waals surface area contributed by atoms with Crippen molar-refractivity contribution >= 4 is 17.2 Å². The molecule has 3 aromatic rings. The van der Waals surface area contributed by atoms with Gasteiger partial charge in [-0.05, 0) is 29.4 Å². The standard InChI is InChI=1S/C14H10N4O4/c1-22-11-6-5-9(8-10(11)18(20)21)13-14(16-19)17-7-3-2-4-12(17)15-13/h2-8H,1H3. The van der Waals surface area contributed by atoms with Crippen LogP contribution in [0.1, 0.15) is 0 Å². The molecule has 0 aliphatic carbocycles. The molecular formula is C14H10N4O4. The van der Waals surface area contributed by atoms with E-state index in [0.29, 0.717) is 11.2 Å². The van der Waals surface area contributed by atoms with E-state index >= 15 is 0 Å². The van der Waals surface area contributed by atoms with E-state index in [1.54, 1.807) is 30.5 Å². The number of aromatic nitrogens is 2. The van der Waals surface area contributed by atoms with Gasteiger partial charge in [0.1, 0.15) is 11.3 Å². The number of pyridine rings is 1. The van der Waals surface area contributed by atoms with Crippen LogP contribution in [0, 0.1) is 15.0 Å². The molecule has 0 amide bonds. The SMILES string of the molecule is COc1ccc(-c2nc3ccccn3c2N=O)cc1[N+](=O)[O-]. The number of hydrogen-bond acceptors (Lipinski definition) is 6. The molecule has 0 atom stereocenters. The van der Waals surface area contributed by atoms with Crippen molar-refractivity contribution in [3.05, 3.63) is 57.6 Å². The third-order valence-corrected chi connectivity index (χ3v) is 3.24. The highest BCUT2D eigenvalue weighted by Crippen LogP contribution is 2.36. The fourth-order valence-corrected chi connectivity index (χ4v) is 2.24. The van der Waals surface area contributed by atoms with Gasteiger partial charge in [0.2, 0.25) is 5.82 Å². The zero-order chi connectivity index (χ0) is 15.7. The number of imidazole rings is 1. The van der Waals surface area contributed by atoms with E-state index in [9.17, 15) is 15.0 Å². The zero-order valence-corrected chi connectivity index (χ0v) is 11.5. The van der Waals surface area contributed by atoms with Crippen molar-refractivity contribution in [2.24, 2.45) is 5.18 Å². The van der Waals surface area contributed by atoms with Gasteiger partial charge < -0.3 is 4.74 Å². The molecule has 0 radical (unpaired) electrons.